The summed E-state index contributed by atoms with van der Waals surface area (Å²) in [5.74, 6) is 0.957. The van der Waals surface area contributed by atoms with Crippen molar-refractivity contribution in [2.45, 2.75) is 38.5 Å². The van der Waals surface area contributed by atoms with E-state index in [4.69, 9.17) is 18.3 Å². The summed E-state index contributed by atoms with van der Waals surface area (Å²) in [5.41, 5.74) is 1.02. The molecule has 0 amide bonds. The molecule has 2 atom stereocenters. The van der Waals surface area contributed by atoms with Crippen LogP contribution in [0.25, 0.3) is 0 Å². The highest BCUT2D eigenvalue weighted by Crippen LogP contribution is 2.33. The molecule has 18 heavy (non-hydrogen) atoms. The fourth-order valence-electron chi connectivity index (χ4n) is 1.90. The Labute approximate surface area is 109 Å². The molecule has 0 spiro atoms. The van der Waals surface area contributed by atoms with E-state index in [-0.39, 0.29) is 12.4 Å². The van der Waals surface area contributed by atoms with Crippen molar-refractivity contribution in [2.24, 2.45) is 0 Å². The summed E-state index contributed by atoms with van der Waals surface area (Å²) in [6.45, 7) is 6.49. The van der Waals surface area contributed by atoms with Gasteiger partial charge >= 0.3 is 0 Å². The number of hydrogen-bond donors (Lipinski definition) is 0. The molecule has 1 aliphatic rings. The van der Waals surface area contributed by atoms with E-state index < -0.39 is 8.32 Å². The van der Waals surface area contributed by atoms with Gasteiger partial charge in [0, 0.05) is 25.2 Å². The zero-order valence-corrected chi connectivity index (χ0v) is 12.3. The Morgan fingerprint density at radius 1 is 1.33 bits per heavy atom. The summed E-state index contributed by atoms with van der Waals surface area (Å²) in [6, 6.07) is 1.91. The Hall–Kier alpha value is -1.04. The van der Waals surface area contributed by atoms with Gasteiger partial charge in [0.25, 0.3) is 0 Å². The molecule has 4 nitrogen and oxygen atoms in total. The van der Waals surface area contributed by atoms with Crippen molar-refractivity contribution >= 4 is 8.32 Å². The predicted molar refractivity (Wildman–Crippen MR) is 70.5 cm³/mol. The van der Waals surface area contributed by atoms with Gasteiger partial charge in [-0.25, -0.2) is 0 Å². The SMILES string of the molecule is COC1C=C(O[Si](C)(C)C)C[C@@H](c2ccoc2)O1. The highest BCUT2D eigenvalue weighted by Gasteiger charge is 2.28. The molecule has 0 aliphatic carbocycles. The zero-order valence-electron chi connectivity index (χ0n) is 11.3. The van der Waals surface area contributed by atoms with Gasteiger partial charge in [0.05, 0.1) is 24.4 Å². The molecule has 0 saturated carbocycles. The molecule has 0 bridgehead atoms. The molecule has 0 fully saturated rings. The topological polar surface area (TPSA) is 40.8 Å². The van der Waals surface area contributed by atoms with Crippen LogP contribution in [-0.4, -0.2) is 21.7 Å². The largest absolute Gasteiger partial charge is 0.547 e. The van der Waals surface area contributed by atoms with Crippen LogP contribution in [0.5, 0.6) is 0 Å². The van der Waals surface area contributed by atoms with Gasteiger partial charge in [-0.15, -0.1) is 0 Å². The van der Waals surface area contributed by atoms with E-state index in [0.717, 1.165) is 17.7 Å². The Bertz CT molecular complexity index is 405. The normalized spacial score (nSPS) is 24.8. The van der Waals surface area contributed by atoms with Crippen molar-refractivity contribution in [3.8, 4) is 0 Å². The first-order chi connectivity index (χ1) is 8.48. The average Bonchev–Trinajstić information content (AvgIpc) is 2.79. The van der Waals surface area contributed by atoms with Gasteiger partial charge in [-0.1, -0.05) is 0 Å². The molecular formula is C13H20O4Si. The molecule has 1 aromatic rings. The lowest BCUT2D eigenvalue weighted by Crippen LogP contribution is -2.29. The summed E-state index contributed by atoms with van der Waals surface area (Å²) in [4.78, 5) is 0. The summed E-state index contributed by atoms with van der Waals surface area (Å²) in [5, 5.41) is 0. The van der Waals surface area contributed by atoms with Crippen molar-refractivity contribution in [2.75, 3.05) is 7.11 Å². The lowest BCUT2D eigenvalue weighted by atomic mass is 10.1. The molecule has 5 heteroatoms. The molecule has 1 aliphatic heterocycles. The molecular weight excluding hydrogens is 248 g/mol. The first-order valence-corrected chi connectivity index (χ1v) is 9.49. The standard InChI is InChI=1S/C13H20O4Si/c1-14-13-8-11(17-18(2,3)4)7-12(16-13)10-5-6-15-9-10/h5-6,8-9,12-13H,7H2,1-4H3/t12-,13?/m0/s1. The first kappa shape index (κ1) is 13.4. The smallest absolute Gasteiger partial charge is 0.241 e. The van der Waals surface area contributed by atoms with Gasteiger partial charge in [-0.3, -0.25) is 0 Å². The summed E-state index contributed by atoms with van der Waals surface area (Å²) in [7, 11) is 0.0258. The van der Waals surface area contributed by atoms with Crippen molar-refractivity contribution in [3.05, 3.63) is 36.0 Å². The van der Waals surface area contributed by atoms with Gasteiger partial charge in [0.15, 0.2) is 6.29 Å². The Morgan fingerprint density at radius 2 is 2.11 bits per heavy atom. The van der Waals surface area contributed by atoms with Gasteiger partial charge in [0.1, 0.15) is 0 Å². The monoisotopic (exact) mass is 268 g/mol. The maximum absolute atomic E-state index is 6.05. The fourth-order valence-corrected chi connectivity index (χ4v) is 2.84. The van der Waals surface area contributed by atoms with Crippen LogP contribution < -0.4 is 0 Å². The van der Waals surface area contributed by atoms with E-state index in [9.17, 15) is 0 Å². The van der Waals surface area contributed by atoms with Crippen LogP contribution in [0.1, 0.15) is 18.1 Å². The van der Waals surface area contributed by atoms with Crippen LogP contribution in [0.3, 0.4) is 0 Å². The summed E-state index contributed by atoms with van der Waals surface area (Å²) >= 11 is 0. The maximum Gasteiger partial charge on any atom is 0.241 e. The van der Waals surface area contributed by atoms with E-state index in [1.54, 1.807) is 19.6 Å². The highest BCUT2D eigenvalue weighted by molar-refractivity contribution is 6.70. The first-order valence-electron chi connectivity index (χ1n) is 6.08. The number of methoxy groups -OCH3 is 1. The average molecular weight is 268 g/mol. The van der Waals surface area contributed by atoms with Gasteiger partial charge < -0.3 is 18.3 Å². The Balaban J connectivity index is 2.13. The summed E-state index contributed by atoms with van der Waals surface area (Å²) < 4.78 is 22.2. The number of hydrogen-bond acceptors (Lipinski definition) is 4. The zero-order chi connectivity index (χ0) is 13.2. The van der Waals surface area contributed by atoms with Crippen LogP contribution in [0, 0.1) is 0 Å². The molecule has 1 aromatic heterocycles. The van der Waals surface area contributed by atoms with Crippen LogP contribution in [0.2, 0.25) is 19.6 Å². The van der Waals surface area contributed by atoms with Crippen LogP contribution in [0.4, 0.5) is 0 Å². The fraction of sp³-hybridized carbons (Fsp3) is 0.538. The van der Waals surface area contributed by atoms with E-state index in [2.05, 4.69) is 19.6 Å². The third-order valence-corrected chi connectivity index (χ3v) is 3.47. The minimum Gasteiger partial charge on any atom is -0.547 e. The maximum atomic E-state index is 6.05. The molecule has 100 valence electrons. The third-order valence-electron chi connectivity index (χ3n) is 2.59. The van der Waals surface area contributed by atoms with Crippen LogP contribution in [-0.2, 0) is 13.9 Å². The lowest BCUT2D eigenvalue weighted by Gasteiger charge is -2.31. The van der Waals surface area contributed by atoms with E-state index in [1.807, 2.05) is 12.1 Å². The van der Waals surface area contributed by atoms with Crippen LogP contribution >= 0.6 is 0 Å². The number of rotatable bonds is 4. The van der Waals surface area contributed by atoms with Gasteiger partial charge in [-0.05, 0) is 25.7 Å². The molecule has 0 aromatic carbocycles. The molecule has 0 radical (unpaired) electrons. The summed E-state index contributed by atoms with van der Waals surface area (Å²) in [6.07, 6.45) is 5.57. The minimum atomic E-state index is -1.60. The lowest BCUT2D eigenvalue weighted by molar-refractivity contribution is -0.139. The second-order valence-corrected chi connectivity index (χ2v) is 9.77. The Kier molecular flexibility index (Phi) is 3.94. The highest BCUT2D eigenvalue weighted by atomic mass is 28.4. The van der Waals surface area contributed by atoms with Crippen molar-refractivity contribution in [1.29, 1.82) is 0 Å². The quantitative estimate of drug-likeness (QED) is 0.784. The molecule has 0 N–H and O–H groups in total. The van der Waals surface area contributed by atoms with Crippen LogP contribution in [0.15, 0.2) is 34.8 Å². The van der Waals surface area contributed by atoms with E-state index in [1.165, 1.54) is 0 Å². The van der Waals surface area contributed by atoms with E-state index in [0.29, 0.717) is 0 Å². The van der Waals surface area contributed by atoms with Crippen molar-refractivity contribution < 1.29 is 18.3 Å². The third kappa shape index (κ3) is 3.47. The van der Waals surface area contributed by atoms with E-state index >= 15 is 0 Å². The molecule has 2 heterocycles. The Morgan fingerprint density at radius 3 is 2.67 bits per heavy atom. The molecule has 0 saturated heterocycles. The second kappa shape index (κ2) is 5.30. The second-order valence-electron chi connectivity index (χ2n) is 5.34. The van der Waals surface area contributed by atoms with Crippen molar-refractivity contribution in [3.63, 3.8) is 0 Å². The van der Waals surface area contributed by atoms with Gasteiger partial charge in [0.2, 0.25) is 8.32 Å². The van der Waals surface area contributed by atoms with Crippen molar-refractivity contribution in [1.82, 2.24) is 0 Å². The number of furan rings is 1. The minimum absolute atomic E-state index is 0.0648. The predicted octanol–water partition coefficient (Wildman–Crippen LogP) is 3.45. The van der Waals surface area contributed by atoms with Gasteiger partial charge in [-0.2, -0.15) is 0 Å². The molecule has 1 unspecified atom stereocenters. The molecule has 2 rings (SSSR count). The number of ether oxygens (including phenoxy) is 2.